The van der Waals surface area contributed by atoms with Crippen LogP contribution in [0.1, 0.15) is 24.8 Å². The van der Waals surface area contributed by atoms with Gasteiger partial charge in [0.1, 0.15) is 0 Å². The van der Waals surface area contributed by atoms with Crippen LogP contribution in [0.25, 0.3) is 0 Å². The molecule has 0 aliphatic heterocycles. The molecule has 6 heteroatoms. The second-order valence-corrected chi connectivity index (χ2v) is 6.72. The molecule has 0 radical (unpaired) electrons. The first-order valence-electron chi connectivity index (χ1n) is 7.91. The van der Waals surface area contributed by atoms with E-state index >= 15 is 0 Å². The van der Waals surface area contributed by atoms with Crippen molar-refractivity contribution in [3.8, 4) is 0 Å². The van der Waals surface area contributed by atoms with Crippen LogP contribution < -0.4 is 5.32 Å². The van der Waals surface area contributed by atoms with Gasteiger partial charge in [-0.15, -0.1) is 0 Å². The maximum atomic E-state index is 12.3. The summed E-state index contributed by atoms with van der Waals surface area (Å²) in [5, 5.41) is 3.36. The average Bonchev–Trinajstić information content (AvgIpc) is 2.59. The predicted molar refractivity (Wildman–Crippen MR) is 102 cm³/mol. The Morgan fingerprint density at radius 3 is 2.24 bits per heavy atom. The minimum absolute atomic E-state index is 0.0676. The van der Waals surface area contributed by atoms with Gasteiger partial charge in [0.25, 0.3) is 0 Å². The van der Waals surface area contributed by atoms with Crippen LogP contribution in [-0.2, 0) is 9.59 Å². The van der Waals surface area contributed by atoms with E-state index in [1.54, 1.807) is 25.2 Å². The number of benzene rings is 2. The number of rotatable bonds is 6. The zero-order valence-electron chi connectivity index (χ0n) is 14.1. The third-order valence-electron chi connectivity index (χ3n) is 3.88. The molecule has 2 aromatic carbocycles. The summed E-state index contributed by atoms with van der Waals surface area (Å²) >= 11 is 12.1. The Morgan fingerprint density at radius 1 is 1.04 bits per heavy atom. The van der Waals surface area contributed by atoms with Crippen LogP contribution in [0, 0.1) is 0 Å². The molecule has 0 aliphatic rings. The van der Waals surface area contributed by atoms with Crippen molar-refractivity contribution in [3.05, 3.63) is 64.1 Å². The van der Waals surface area contributed by atoms with Crippen molar-refractivity contribution in [1.82, 2.24) is 4.90 Å². The SMILES string of the molecule is C[C@H](CC(=O)N(C)CC(=O)Nc1c(Cl)cccc1Cl)c1ccccc1. The highest BCUT2D eigenvalue weighted by molar-refractivity contribution is 6.39. The number of para-hydroxylation sites is 1. The summed E-state index contributed by atoms with van der Waals surface area (Å²) in [6.45, 7) is 1.92. The molecule has 132 valence electrons. The van der Waals surface area contributed by atoms with Gasteiger partial charge in [-0.2, -0.15) is 0 Å². The Labute approximate surface area is 157 Å². The molecule has 0 saturated carbocycles. The molecule has 0 spiro atoms. The van der Waals surface area contributed by atoms with E-state index in [4.69, 9.17) is 23.2 Å². The topological polar surface area (TPSA) is 49.4 Å². The van der Waals surface area contributed by atoms with E-state index in [9.17, 15) is 9.59 Å². The lowest BCUT2D eigenvalue weighted by Gasteiger charge is -2.20. The number of amides is 2. The van der Waals surface area contributed by atoms with Crippen LogP contribution in [-0.4, -0.2) is 30.3 Å². The van der Waals surface area contributed by atoms with Crippen LogP contribution >= 0.6 is 23.2 Å². The van der Waals surface area contributed by atoms with Gasteiger partial charge < -0.3 is 10.2 Å². The fourth-order valence-corrected chi connectivity index (χ4v) is 2.91. The number of likely N-dealkylation sites (N-methyl/N-ethyl adjacent to an activating group) is 1. The van der Waals surface area contributed by atoms with Crippen molar-refractivity contribution in [3.63, 3.8) is 0 Å². The summed E-state index contributed by atoms with van der Waals surface area (Å²) in [4.78, 5) is 25.9. The molecule has 0 saturated heterocycles. The quantitative estimate of drug-likeness (QED) is 0.799. The largest absolute Gasteiger partial charge is 0.336 e. The Morgan fingerprint density at radius 2 is 1.64 bits per heavy atom. The fourth-order valence-electron chi connectivity index (χ4n) is 2.42. The normalized spacial score (nSPS) is 11.7. The number of carbonyl (C=O) groups is 2. The van der Waals surface area contributed by atoms with E-state index in [2.05, 4.69) is 5.32 Å². The Hall–Kier alpha value is -2.04. The molecule has 0 fully saturated rings. The lowest BCUT2D eigenvalue weighted by molar-refractivity contribution is -0.133. The van der Waals surface area contributed by atoms with Crippen LogP contribution in [0.2, 0.25) is 10.0 Å². The van der Waals surface area contributed by atoms with Crippen LogP contribution in [0.5, 0.6) is 0 Å². The molecule has 2 aromatic rings. The fraction of sp³-hybridized carbons (Fsp3) is 0.263. The standard InChI is InChI=1S/C19H20Cl2N2O2/c1-13(14-7-4-3-5-8-14)11-18(25)23(2)12-17(24)22-19-15(20)9-6-10-16(19)21/h3-10,13H,11-12H2,1-2H3,(H,22,24)/t13-/m1/s1. The maximum Gasteiger partial charge on any atom is 0.244 e. The second-order valence-electron chi connectivity index (χ2n) is 5.91. The molecule has 0 aliphatic carbocycles. The summed E-state index contributed by atoms with van der Waals surface area (Å²) in [6, 6.07) is 14.8. The zero-order valence-corrected chi connectivity index (χ0v) is 15.6. The number of hydrogen-bond acceptors (Lipinski definition) is 2. The molecule has 0 heterocycles. The number of carbonyl (C=O) groups excluding carboxylic acids is 2. The molecule has 25 heavy (non-hydrogen) atoms. The molecule has 0 aromatic heterocycles. The maximum absolute atomic E-state index is 12.3. The summed E-state index contributed by atoms with van der Waals surface area (Å²) in [5.74, 6) is -0.368. The minimum atomic E-state index is -0.349. The molecule has 2 amide bonds. The van der Waals surface area contributed by atoms with Crippen molar-refractivity contribution >= 4 is 40.7 Å². The smallest absolute Gasteiger partial charge is 0.244 e. The molecule has 0 unspecified atom stereocenters. The summed E-state index contributed by atoms with van der Waals surface area (Å²) in [6.07, 6.45) is 0.334. The third-order valence-corrected chi connectivity index (χ3v) is 4.51. The van der Waals surface area contributed by atoms with Gasteiger partial charge >= 0.3 is 0 Å². The van der Waals surface area contributed by atoms with Crippen LogP contribution in [0.3, 0.4) is 0 Å². The van der Waals surface area contributed by atoms with Crippen molar-refractivity contribution in [2.24, 2.45) is 0 Å². The van der Waals surface area contributed by atoms with Crippen LogP contribution in [0.15, 0.2) is 48.5 Å². The second kappa shape index (κ2) is 8.88. The van der Waals surface area contributed by atoms with Gasteiger partial charge in [-0.3, -0.25) is 9.59 Å². The van der Waals surface area contributed by atoms with Gasteiger partial charge in [0.15, 0.2) is 0 Å². The van der Waals surface area contributed by atoms with Crippen LogP contribution in [0.4, 0.5) is 5.69 Å². The molecular weight excluding hydrogens is 359 g/mol. The number of nitrogens with zero attached hydrogens (tertiary/aromatic N) is 1. The molecule has 0 bridgehead atoms. The van der Waals surface area contributed by atoms with Gasteiger partial charge in [0, 0.05) is 13.5 Å². The van der Waals surface area contributed by atoms with Crippen molar-refractivity contribution in [2.45, 2.75) is 19.3 Å². The lowest BCUT2D eigenvalue weighted by Crippen LogP contribution is -2.35. The van der Waals surface area contributed by atoms with Crippen molar-refractivity contribution in [2.75, 3.05) is 18.9 Å². The third kappa shape index (κ3) is 5.48. The molecule has 1 atom stereocenters. The van der Waals surface area contributed by atoms with Gasteiger partial charge in [0.2, 0.25) is 11.8 Å². The van der Waals surface area contributed by atoms with E-state index in [1.807, 2.05) is 37.3 Å². The van der Waals surface area contributed by atoms with Gasteiger partial charge in [-0.25, -0.2) is 0 Å². The van der Waals surface area contributed by atoms with Gasteiger partial charge in [-0.05, 0) is 23.6 Å². The highest BCUT2D eigenvalue weighted by Crippen LogP contribution is 2.29. The average molecular weight is 379 g/mol. The monoisotopic (exact) mass is 378 g/mol. The number of hydrogen-bond donors (Lipinski definition) is 1. The predicted octanol–water partition coefficient (Wildman–Crippen LogP) is 4.58. The summed E-state index contributed by atoms with van der Waals surface area (Å²) < 4.78 is 0. The van der Waals surface area contributed by atoms with E-state index in [0.29, 0.717) is 22.2 Å². The van der Waals surface area contributed by atoms with Crippen molar-refractivity contribution < 1.29 is 9.59 Å². The molecule has 4 nitrogen and oxygen atoms in total. The Balaban J connectivity index is 1.91. The first-order chi connectivity index (χ1) is 11.9. The van der Waals surface area contributed by atoms with E-state index in [1.165, 1.54) is 4.90 Å². The summed E-state index contributed by atoms with van der Waals surface area (Å²) in [7, 11) is 1.60. The zero-order chi connectivity index (χ0) is 18.4. The highest BCUT2D eigenvalue weighted by Gasteiger charge is 2.18. The van der Waals surface area contributed by atoms with Crippen molar-refractivity contribution in [1.29, 1.82) is 0 Å². The Kier molecular flexibility index (Phi) is 6.85. The summed E-state index contributed by atoms with van der Waals surface area (Å²) in [5.41, 5.74) is 1.45. The molecule has 1 N–H and O–H groups in total. The Bertz CT molecular complexity index is 730. The minimum Gasteiger partial charge on any atom is -0.336 e. The van der Waals surface area contributed by atoms with E-state index in [-0.39, 0.29) is 24.3 Å². The van der Waals surface area contributed by atoms with Gasteiger partial charge in [-0.1, -0.05) is 66.5 Å². The number of nitrogens with one attached hydrogen (secondary N) is 1. The molecular formula is C19H20Cl2N2O2. The van der Waals surface area contributed by atoms with E-state index in [0.717, 1.165) is 5.56 Å². The van der Waals surface area contributed by atoms with Gasteiger partial charge in [0.05, 0.1) is 22.3 Å². The van der Waals surface area contributed by atoms with E-state index < -0.39 is 0 Å². The number of halogens is 2. The lowest BCUT2D eigenvalue weighted by atomic mass is 9.97. The first kappa shape index (κ1) is 19.3. The highest BCUT2D eigenvalue weighted by atomic mass is 35.5. The first-order valence-corrected chi connectivity index (χ1v) is 8.67. The molecule has 2 rings (SSSR count). The number of anilines is 1.